The molecule has 0 spiro atoms. The fraction of sp³-hybridized carbons (Fsp3) is 0.476. The van der Waals surface area contributed by atoms with Crippen LogP contribution < -0.4 is 0 Å². The average molecular weight is 389 g/mol. The number of likely N-dealkylation sites (tertiary alicyclic amines) is 2. The number of benzene rings is 2. The Labute approximate surface area is 164 Å². The number of fused-ring (bicyclic) bond motifs is 1. The highest BCUT2D eigenvalue weighted by molar-refractivity contribution is 8.00. The van der Waals surface area contributed by atoms with Crippen LogP contribution in [0.1, 0.15) is 25.7 Å². The second-order valence-electron chi connectivity index (χ2n) is 7.24. The molecule has 2 fully saturated rings. The molecule has 0 saturated carbocycles. The number of thioether (sulfide) groups is 1. The molecule has 0 bridgehead atoms. The monoisotopic (exact) mass is 388 g/mol. The van der Waals surface area contributed by atoms with E-state index in [-0.39, 0.29) is 5.91 Å². The van der Waals surface area contributed by atoms with Crippen LogP contribution in [0, 0.1) is 0 Å². The molecule has 0 aromatic heterocycles. The van der Waals surface area contributed by atoms with Crippen molar-refractivity contribution in [1.29, 1.82) is 0 Å². The number of piperidine rings is 1. The maximum atomic E-state index is 12.7. The number of carbonyl (C=O) groups is 1. The van der Waals surface area contributed by atoms with Crippen LogP contribution in [0.5, 0.6) is 0 Å². The van der Waals surface area contributed by atoms with Gasteiger partial charge < -0.3 is 9.80 Å². The summed E-state index contributed by atoms with van der Waals surface area (Å²) >= 11 is 8.00. The predicted molar refractivity (Wildman–Crippen MR) is 110 cm³/mol. The Morgan fingerprint density at radius 2 is 1.73 bits per heavy atom. The molecule has 0 radical (unpaired) electrons. The second kappa shape index (κ2) is 8.20. The summed E-state index contributed by atoms with van der Waals surface area (Å²) in [5, 5.41) is 2.94. The topological polar surface area (TPSA) is 23.6 Å². The Morgan fingerprint density at radius 3 is 2.46 bits per heavy atom. The standard InChI is InChI=1S/C21H25ClN2OS/c22-18-7-3-5-16-6-4-8-19(21(16)18)26-15-20(25)24-13-9-17(10-14-24)23-11-1-2-12-23/h3-8,17H,1-2,9-15H2. The molecule has 138 valence electrons. The molecular formula is C21H25ClN2OS. The lowest BCUT2D eigenvalue weighted by Gasteiger charge is -2.36. The van der Waals surface area contributed by atoms with Crippen LogP contribution >= 0.6 is 23.4 Å². The van der Waals surface area contributed by atoms with Crippen LogP contribution in [0.2, 0.25) is 5.02 Å². The van der Waals surface area contributed by atoms with Gasteiger partial charge in [-0.2, -0.15) is 0 Å². The van der Waals surface area contributed by atoms with Crippen molar-refractivity contribution >= 4 is 40.0 Å². The first-order valence-corrected chi connectivity index (χ1v) is 10.9. The molecule has 2 aliphatic heterocycles. The number of nitrogens with zero attached hydrogens (tertiary/aromatic N) is 2. The third-order valence-corrected chi connectivity index (χ3v) is 7.00. The van der Waals surface area contributed by atoms with Gasteiger partial charge in [-0.15, -0.1) is 11.8 Å². The number of carbonyl (C=O) groups excluding carboxylic acids is 1. The maximum absolute atomic E-state index is 12.7. The van der Waals surface area contributed by atoms with Crippen molar-refractivity contribution in [3.8, 4) is 0 Å². The van der Waals surface area contributed by atoms with Crippen LogP contribution in [0.4, 0.5) is 0 Å². The Balaban J connectivity index is 1.35. The van der Waals surface area contributed by atoms with E-state index in [1.165, 1.54) is 25.9 Å². The summed E-state index contributed by atoms with van der Waals surface area (Å²) in [6.07, 6.45) is 4.92. The molecule has 0 N–H and O–H groups in total. The average Bonchev–Trinajstić information content (AvgIpc) is 3.21. The first-order valence-electron chi connectivity index (χ1n) is 9.54. The molecule has 26 heavy (non-hydrogen) atoms. The fourth-order valence-electron chi connectivity index (χ4n) is 4.20. The zero-order valence-corrected chi connectivity index (χ0v) is 16.6. The van der Waals surface area contributed by atoms with Crippen LogP contribution in [-0.2, 0) is 4.79 Å². The van der Waals surface area contributed by atoms with Gasteiger partial charge >= 0.3 is 0 Å². The molecule has 1 amide bonds. The lowest BCUT2D eigenvalue weighted by atomic mass is 10.0. The smallest absolute Gasteiger partial charge is 0.232 e. The summed E-state index contributed by atoms with van der Waals surface area (Å²) in [5.41, 5.74) is 0. The zero-order chi connectivity index (χ0) is 17.9. The molecule has 0 atom stereocenters. The van der Waals surface area contributed by atoms with Gasteiger partial charge in [0.2, 0.25) is 5.91 Å². The lowest BCUT2D eigenvalue weighted by Crippen LogP contribution is -2.46. The quantitative estimate of drug-likeness (QED) is 0.711. The SMILES string of the molecule is O=C(CSc1cccc2cccc(Cl)c12)N1CCC(N2CCCC2)CC1. The van der Waals surface area contributed by atoms with E-state index in [0.29, 0.717) is 11.8 Å². The molecule has 2 aromatic carbocycles. The Morgan fingerprint density at radius 1 is 1.04 bits per heavy atom. The highest BCUT2D eigenvalue weighted by Gasteiger charge is 2.28. The fourth-order valence-corrected chi connectivity index (χ4v) is 5.55. The third-order valence-electron chi connectivity index (χ3n) is 5.64. The van der Waals surface area contributed by atoms with Crippen molar-refractivity contribution in [3.63, 3.8) is 0 Å². The minimum Gasteiger partial charge on any atom is -0.342 e. The van der Waals surface area contributed by atoms with Gasteiger partial charge in [0, 0.05) is 34.4 Å². The minimum absolute atomic E-state index is 0.249. The van der Waals surface area contributed by atoms with E-state index in [1.54, 1.807) is 11.8 Å². The summed E-state index contributed by atoms with van der Waals surface area (Å²) in [4.78, 5) is 18.4. The highest BCUT2D eigenvalue weighted by atomic mass is 35.5. The summed E-state index contributed by atoms with van der Waals surface area (Å²) in [7, 11) is 0. The summed E-state index contributed by atoms with van der Waals surface area (Å²) in [6.45, 7) is 4.29. The predicted octanol–water partition coefficient (Wildman–Crippen LogP) is 4.67. The minimum atomic E-state index is 0.249. The van der Waals surface area contributed by atoms with E-state index in [9.17, 15) is 4.79 Å². The van der Waals surface area contributed by atoms with Gasteiger partial charge in [0.15, 0.2) is 0 Å². The van der Waals surface area contributed by atoms with Crippen LogP contribution in [0.3, 0.4) is 0 Å². The van der Waals surface area contributed by atoms with Crippen molar-refractivity contribution in [2.24, 2.45) is 0 Å². The third kappa shape index (κ3) is 3.88. The van der Waals surface area contributed by atoms with Crippen molar-refractivity contribution in [2.75, 3.05) is 31.9 Å². The van der Waals surface area contributed by atoms with E-state index in [4.69, 9.17) is 11.6 Å². The maximum Gasteiger partial charge on any atom is 0.232 e. The van der Waals surface area contributed by atoms with Crippen LogP contribution in [0.25, 0.3) is 10.8 Å². The molecule has 3 nitrogen and oxygen atoms in total. The molecule has 2 saturated heterocycles. The van der Waals surface area contributed by atoms with E-state index in [2.05, 4.69) is 23.1 Å². The number of amides is 1. The highest BCUT2D eigenvalue weighted by Crippen LogP contribution is 2.33. The van der Waals surface area contributed by atoms with Gasteiger partial charge in [-0.05, 0) is 56.3 Å². The van der Waals surface area contributed by atoms with Gasteiger partial charge in [-0.3, -0.25) is 4.79 Å². The lowest BCUT2D eigenvalue weighted by molar-refractivity contribution is -0.129. The Hall–Kier alpha value is -1.23. The molecule has 5 heteroatoms. The normalized spacial score (nSPS) is 19.3. The van der Waals surface area contributed by atoms with Gasteiger partial charge in [0.05, 0.1) is 5.75 Å². The Bertz CT molecular complexity index is 777. The van der Waals surface area contributed by atoms with E-state index in [0.717, 1.165) is 46.6 Å². The van der Waals surface area contributed by atoms with Crippen LogP contribution in [0.15, 0.2) is 41.3 Å². The van der Waals surface area contributed by atoms with Crippen molar-refractivity contribution in [2.45, 2.75) is 36.6 Å². The van der Waals surface area contributed by atoms with E-state index >= 15 is 0 Å². The summed E-state index contributed by atoms with van der Waals surface area (Å²) in [6, 6.07) is 12.8. The van der Waals surface area contributed by atoms with Crippen molar-refractivity contribution in [3.05, 3.63) is 41.4 Å². The number of hydrogen-bond donors (Lipinski definition) is 0. The van der Waals surface area contributed by atoms with Crippen molar-refractivity contribution in [1.82, 2.24) is 9.80 Å². The molecule has 2 aromatic rings. The number of halogens is 1. The first-order chi connectivity index (χ1) is 12.7. The first kappa shape index (κ1) is 18.1. The molecule has 0 aliphatic carbocycles. The van der Waals surface area contributed by atoms with Gasteiger partial charge in [-0.25, -0.2) is 0 Å². The number of rotatable bonds is 4. The Kier molecular flexibility index (Phi) is 5.72. The van der Waals surface area contributed by atoms with E-state index < -0.39 is 0 Å². The molecule has 4 rings (SSSR count). The van der Waals surface area contributed by atoms with Crippen molar-refractivity contribution < 1.29 is 4.79 Å². The van der Waals surface area contributed by atoms with E-state index in [1.807, 2.05) is 23.1 Å². The molecule has 2 heterocycles. The molecule has 0 unspecified atom stereocenters. The van der Waals surface area contributed by atoms with Gasteiger partial charge in [0.25, 0.3) is 0 Å². The van der Waals surface area contributed by atoms with Gasteiger partial charge in [0.1, 0.15) is 0 Å². The van der Waals surface area contributed by atoms with Crippen LogP contribution in [-0.4, -0.2) is 53.7 Å². The van der Waals surface area contributed by atoms with Gasteiger partial charge in [-0.1, -0.05) is 35.9 Å². The zero-order valence-electron chi connectivity index (χ0n) is 15.0. The largest absolute Gasteiger partial charge is 0.342 e. The second-order valence-corrected chi connectivity index (χ2v) is 8.66. The number of hydrogen-bond acceptors (Lipinski definition) is 3. The summed E-state index contributed by atoms with van der Waals surface area (Å²) in [5.74, 6) is 0.734. The molecular weight excluding hydrogens is 364 g/mol. The summed E-state index contributed by atoms with van der Waals surface area (Å²) < 4.78 is 0. The molecule has 2 aliphatic rings.